The van der Waals surface area contributed by atoms with Crippen molar-refractivity contribution in [3.63, 3.8) is 0 Å². The van der Waals surface area contributed by atoms with Crippen molar-refractivity contribution in [2.45, 2.75) is 19.9 Å². The van der Waals surface area contributed by atoms with Gasteiger partial charge in [-0.2, -0.15) is 0 Å². The summed E-state index contributed by atoms with van der Waals surface area (Å²) in [5.74, 6) is -0.228. The van der Waals surface area contributed by atoms with Gasteiger partial charge in [-0.1, -0.05) is 12.1 Å². The van der Waals surface area contributed by atoms with Crippen LogP contribution >= 0.6 is 0 Å². The number of hydrogen-bond acceptors (Lipinski definition) is 5. The first kappa shape index (κ1) is 15.1. The van der Waals surface area contributed by atoms with E-state index in [1.165, 1.54) is 6.07 Å². The van der Waals surface area contributed by atoms with Crippen LogP contribution in [-0.2, 0) is 16.1 Å². The molecule has 0 aliphatic heterocycles. The van der Waals surface area contributed by atoms with Gasteiger partial charge >= 0.3 is 5.97 Å². The van der Waals surface area contributed by atoms with Gasteiger partial charge in [0.2, 0.25) is 0 Å². The molecule has 0 saturated heterocycles. The van der Waals surface area contributed by atoms with E-state index in [1.54, 1.807) is 19.1 Å². The number of ether oxygens (including phenoxy) is 1. The molecule has 0 heterocycles. The Labute approximate surface area is 112 Å². The van der Waals surface area contributed by atoms with Crippen molar-refractivity contribution in [3.05, 3.63) is 39.9 Å². The zero-order valence-corrected chi connectivity index (χ0v) is 11.2. The van der Waals surface area contributed by atoms with Crippen LogP contribution in [0.3, 0.4) is 0 Å². The molecule has 6 heteroatoms. The number of rotatable bonds is 7. The number of carbonyl (C=O) groups is 1. The fraction of sp³-hybridized carbons (Fsp3) is 0.462. The van der Waals surface area contributed by atoms with E-state index in [-0.39, 0.29) is 11.7 Å². The Morgan fingerprint density at radius 2 is 2.21 bits per heavy atom. The molecule has 1 aromatic carbocycles. The molecule has 0 unspecified atom stereocenters. The van der Waals surface area contributed by atoms with Crippen LogP contribution in [0.25, 0.3) is 0 Å². The number of esters is 1. The molecule has 0 aromatic heterocycles. The van der Waals surface area contributed by atoms with Gasteiger partial charge < -0.3 is 9.64 Å². The summed E-state index contributed by atoms with van der Waals surface area (Å²) in [5.41, 5.74) is 0.928. The zero-order chi connectivity index (χ0) is 14.3. The van der Waals surface area contributed by atoms with Gasteiger partial charge in [0.05, 0.1) is 18.0 Å². The third-order valence-corrected chi connectivity index (χ3v) is 2.58. The quantitative estimate of drug-likeness (QED) is 0.428. The first-order valence-corrected chi connectivity index (χ1v) is 6.10. The van der Waals surface area contributed by atoms with Crippen molar-refractivity contribution in [1.82, 2.24) is 4.90 Å². The minimum Gasteiger partial charge on any atom is -0.466 e. The fourth-order valence-corrected chi connectivity index (χ4v) is 1.67. The lowest BCUT2D eigenvalue weighted by atomic mass is 10.2. The lowest BCUT2D eigenvalue weighted by Crippen LogP contribution is -2.22. The van der Waals surface area contributed by atoms with Crippen molar-refractivity contribution in [1.29, 1.82) is 0 Å². The van der Waals surface area contributed by atoms with Crippen LogP contribution in [0, 0.1) is 10.1 Å². The Morgan fingerprint density at radius 3 is 2.84 bits per heavy atom. The molecule has 0 amide bonds. The van der Waals surface area contributed by atoms with Crippen molar-refractivity contribution in [3.8, 4) is 0 Å². The van der Waals surface area contributed by atoms with Gasteiger partial charge in [0.25, 0.3) is 5.69 Å². The standard InChI is InChI=1S/C13H18N2O4/c1-3-19-13(16)7-8-14(2)10-11-5-4-6-12(9-11)15(17)18/h4-6,9H,3,7-8,10H2,1-2H3. The summed E-state index contributed by atoms with van der Waals surface area (Å²) in [6.45, 7) is 3.26. The van der Waals surface area contributed by atoms with Crippen molar-refractivity contribution in [2.75, 3.05) is 20.2 Å². The van der Waals surface area contributed by atoms with Gasteiger partial charge in [-0.3, -0.25) is 14.9 Å². The van der Waals surface area contributed by atoms with Gasteiger partial charge in [-0.25, -0.2) is 0 Å². The molecule has 0 atom stereocenters. The Bertz CT molecular complexity index is 448. The summed E-state index contributed by atoms with van der Waals surface area (Å²) in [7, 11) is 1.86. The molecule has 0 spiro atoms. The van der Waals surface area contributed by atoms with Crippen LogP contribution in [0.4, 0.5) is 5.69 Å². The monoisotopic (exact) mass is 266 g/mol. The number of benzene rings is 1. The molecule has 0 saturated carbocycles. The summed E-state index contributed by atoms with van der Waals surface area (Å²) in [5, 5.41) is 10.7. The number of nitro benzene ring substituents is 1. The molecule has 0 aliphatic carbocycles. The Hall–Kier alpha value is -1.95. The number of carbonyl (C=O) groups excluding carboxylic acids is 1. The fourth-order valence-electron chi connectivity index (χ4n) is 1.67. The second-order valence-corrected chi connectivity index (χ2v) is 4.22. The predicted octanol–water partition coefficient (Wildman–Crippen LogP) is 1.98. The molecule has 1 rings (SSSR count). The third-order valence-electron chi connectivity index (χ3n) is 2.58. The van der Waals surface area contributed by atoms with Gasteiger partial charge in [-0.05, 0) is 19.5 Å². The predicted molar refractivity (Wildman–Crippen MR) is 70.7 cm³/mol. The second-order valence-electron chi connectivity index (χ2n) is 4.22. The summed E-state index contributed by atoms with van der Waals surface area (Å²) in [6, 6.07) is 6.49. The number of nitro groups is 1. The molecule has 0 radical (unpaired) electrons. The van der Waals surface area contributed by atoms with Crippen LogP contribution in [-0.4, -0.2) is 36.0 Å². The second kappa shape index (κ2) is 7.48. The van der Waals surface area contributed by atoms with E-state index in [2.05, 4.69) is 0 Å². The molecule has 0 N–H and O–H groups in total. The molecule has 19 heavy (non-hydrogen) atoms. The minimum atomic E-state index is -0.415. The van der Waals surface area contributed by atoms with Crippen LogP contribution < -0.4 is 0 Å². The molecular formula is C13H18N2O4. The first-order valence-electron chi connectivity index (χ1n) is 6.10. The van der Waals surface area contributed by atoms with E-state index in [1.807, 2.05) is 18.0 Å². The highest BCUT2D eigenvalue weighted by molar-refractivity contribution is 5.69. The van der Waals surface area contributed by atoms with Gasteiger partial charge in [-0.15, -0.1) is 0 Å². The van der Waals surface area contributed by atoms with Crippen LogP contribution in [0.15, 0.2) is 24.3 Å². The van der Waals surface area contributed by atoms with E-state index in [0.29, 0.717) is 26.1 Å². The molecular weight excluding hydrogens is 248 g/mol. The van der Waals surface area contributed by atoms with Crippen molar-refractivity contribution >= 4 is 11.7 Å². The normalized spacial score (nSPS) is 10.5. The maximum Gasteiger partial charge on any atom is 0.307 e. The highest BCUT2D eigenvalue weighted by Gasteiger charge is 2.09. The smallest absolute Gasteiger partial charge is 0.307 e. The summed E-state index contributed by atoms with van der Waals surface area (Å²) < 4.78 is 4.84. The number of hydrogen-bond donors (Lipinski definition) is 0. The summed E-state index contributed by atoms with van der Waals surface area (Å²) in [4.78, 5) is 23.4. The minimum absolute atomic E-state index is 0.0799. The molecule has 1 aromatic rings. The Kier molecular flexibility index (Phi) is 5.95. The van der Waals surface area contributed by atoms with Gasteiger partial charge in [0, 0.05) is 25.2 Å². The molecule has 0 bridgehead atoms. The first-order chi connectivity index (χ1) is 9.02. The number of nitrogens with zero attached hydrogens (tertiary/aromatic N) is 2. The van der Waals surface area contributed by atoms with Crippen LogP contribution in [0.1, 0.15) is 18.9 Å². The van der Waals surface area contributed by atoms with E-state index < -0.39 is 4.92 Å². The molecule has 0 fully saturated rings. The zero-order valence-electron chi connectivity index (χ0n) is 11.2. The molecule has 0 aliphatic rings. The summed E-state index contributed by atoms with van der Waals surface area (Å²) >= 11 is 0. The Balaban J connectivity index is 2.48. The van der Waals surface area contributed by atoms with Crippen LogP contribution in [0.5, 0.6) is 0 Å². The highest BCUT2D eigenvalue weighted by atomic mass is 16.6. The Morgan fingerprint density at radius 1 is 1.47 bits per heavy atom. The SMILES string of the molecule is CCOC(=O)CCN(C)Cc1cccc([N+](=O)[O-])c1. The summed E-state index contributed by atoms with van der Waals surface area (Å²) in [6.07, 6.45) is 0.319. The van der Waals surface area contributed by atoms with E-state index in [9.17, 15) is 14.9 Å². The highest BCUT2D eigenvalue weighted by Crippen LogP contribution is 2.14. The maximum absolute atomic E-state index is 11.2. The average Bonchev–Trinajstić information content (AvgIpc) is 2.37. The average molecular weight is 266 g/mol. The topological polar surface area (TPSA) is 72.7 Å². The van der Waals surface area contributed by atoms with E-state index in [4.69, 9.17) is 4.74 Å². The largest absolute Gasteiger partial charge is 0.466 e. The molecule has 104 valence electrons. The van der Waals surface area contributed by atoms with Crippen molar-refractivity contribution in [2.24, 2.45) is 0 Å². The maximum atomic E-state index is 11.2. The van der Waals surface area contributed by atoms with E-state index in [0.717, 1.165) is 5.56 Å². The van der Waals surface area contributed by atoms with E-state index >= 15 is 0 Å². The van der Waals surface area contributed by atoms with Crippen molar-refractivity contribution < 1.29 is 14.5 Å². The lowest BCUT2D eigenvalue weighted by molar-refractivity contribution is -0.384. The van der Waals surface area contributed by atoms with Gasteiger partial charge in [0.1, 0.15) is 0 Å². The third kappa shape index (κ3) is 5.48. The van der Waals surface area contributed by atoms with Crippen LogP contribution in [0.2, 0.25) is 0 Å². The van der Waals surface area contributed by atoms with Gasteiger partial charge in [0.15, 0.2) is 0 Å². The number of non-ortho nitro benzene ring substituents is 1. The molecule has 6 nitrogen and oxygen atoms in total. The lowest BCUT2D eigenvalue weighted by Gasteiger charge is -2.15.